The molecule has 1 fully saturated rings. The topological polar surface area (TPSA) is 54.9 Å². The molecule has 9 heteroatoms. The number of amides is 1. The summed E-state index contributed by atoms with van der Waals surface area (Å²) < 4.78 is 12.7. The molecule has 2 heterocycles. The standard InChI is InChI=1S/C22H24BrN3O3S.ClH/c1-28-18-6-7-20-19(15-18)24-22(30-20)26(9-3-8-25-10-12-29-13-11-25)21(27)16-4-2-5-17(23)14-16;/h2,4-7,14-15H,3,8-13H2,1H3;1H. The molecule has 0 radical (unpaired) electrons. The minimum absolute atomic E-state index is 0. The average Bonchev–Trinajstić information content (AvgIpc) is 3.20. The normalized spacial score (nSPS) is 14.3. The number of aromatic nitrogens is 1. The maximum atomic E-state index is 13.4. The van der Waals surface area contributed by atoms with Crippen LogP contribution in [0, 0.1) is 0 Å². The smallest absolute Gasteiger partial charge is 0.260 e. The molecule has 1 aromatic heterocycles. The maximum Gasteiger partial charge on any atom is 0.260 e. The molecule has 0 saturated carbocycles. The van der Waals surface area contributed by atoms with Crippen LogP contribution in [0.4, 0.5) is 5.13 Å². The fourth-order valence-electron chi connectivity index (χ4n) is 3.48. The number of hydrogen-bond donors (Lipinski definition) is 0. The van der Waals surface area contributed by atoms with Crippen LogP contribution in [0.15, 0.2) is 46.9 Å². The number of fused-ring (bicyclic) bond motifs is 1. The first-order valence-corrected chi connectivity index (χ1v) is 11.6. The second-order valence-corrected chi connectivity index (χ2v) is 9.03. The van der Waals surface area contributed by atoms with Crippen LogP contribution in [0.2, 0.25) is 0 Å². The van der Waals surface area contributed by atoms with Crippen LogP contribution < -0.4 is 9.64 Å². The van der Waals surface area contributed by atoms with Crippen molar-refractivity contribution in [2.45, 2.75) is 6.42 Å². The number of morpholine rings is 1. The average molecular weight is 527 g/mol. The highest BCUT2D eigenvalue weighted by molar-refractivity contribution is 9.10. The number of benzene rings is 2. The van der Waals surface area contributed by atoms with E-state index in [-0.39, 0.29) is 18.3 Å². The number of methoxy groups -OCH3 is 1. The predicted octanol–water partition coefficient (Wildman–Crippen LogP) is 4.86. The molecule has 1 aliphatic heterocycles. The molecule has 0 unspecified atom stereocenters. The summed E-state index contributed by atoms with van der Waals surface area (Å²) in [7, 11) is 1.64. The molecule has 3 aromatic rings. The molecule has 31 heavy (non-hydrogen) atoms. The van der Waals surface area contributed by atoms with Crippen molar-refractivity contribution < 1.29 is 14.3 Å². The fourth-order valence-corrected chi connectivity index (χ4v) is 4.85. The third-order valence-electron chi connectivity index (χ3n) is 5.09. The van der Waals surface area contributed by atoms with Crippen LogP contribution in [0.5, 0.6) is 5.75 Å². The molecule has 0 spiro atoms. The van der Waals surface area contributed by atoms with Gasteiger partial charge in [0.1, 0.15) is 5.75 Å². The Hall–Kier alpha value is -1.71. The van der Waals surface area contributed by atoms with Gasteiger partial charge in [0, 0.05) is 42.3 Å². The van der Waals surface area contributed by atoms with Gasteiger partial charge in [-0.3, -0.25) is 14.6 Å². The zero-order valence-electron chi connectivity index (χ0n) is 17.3. The van der Waals surface area contributed by atoms with E-state index < -0.39 is 0 Å². The second kappa shape index (κ2) is 11.2. The molecule has 0 aliphatic carbocycles. The predicted molar refractivity (Wildman–Crippen MR) is 131 cm³/mol. The SMILES string of the molecule is COc1ccc2sc(N(CCCN3CCOCC3)C(=O)c3cccc(Br)c3)nc2c1.Cl. The Balaban J connectivity index is 0.00000272. The minimum Gasteiger partial charge on any atom is -0.497 e. The highest BCUT2D eigenvalue weighted by atomic mass is 79.9. The third kappa shape index (κ3) is 5.96. The maximum absolute atomic E-state index is 13.4. The highest BCUT2D eigenvalue weighted by Gasteiger charge is 2.22. The van der Waals surface area contributed by atoms with Crippen molar-refractivity contribution in [1.82, 2.24) is 9.88 Å². The van der Waals surface area contributed by atoms with Gasteiger partial charge in [0.25, 0.3) is 5.91 Å². The van der Waals surface area contributed by atoms with Crippen LogP contribution in [0.3, 0.4) is 0 Å². The molecule has 0 N–H and O–H groups in total. The number of carbonyl (C=O) groups is 1. The summed E-state index contributed by atoms with van der Waals surface area (Å²) in [5.74, 6) is 0.723. The monoisotopic (exact) mass is 525 g/mol. The Bertz CT molecular complexity index is 1030. The zero-order valence-corrected chi connectivity index (χ0v) is 20.5. The summed E-state index contributed by atoms with van der Waals surface area (Å²) in [6.07, 6.45) is 0.874. The zero-order chi connectivity index (χ0) is 20.9. The van der Waals surface area contributed by atoms with Gasteiger partial charge in [0.05, 0.1) is 30.5 Å². The number of rotatable bonds is 7. The van der Waals surface area contributed by atoms with Crippen molar-refractivity contribution in [3.05, 3.63) is 52.5 Å². The molecule has 0 atom stereocenters. The molecule has 1 saturated heterocycles. The van der Waals surface area contributed by atoms with Gasteiger partial charge in [-0.15, -0.1) is 12.4 Å². The van der Waals surface area contributed by atoms with E-state index >= 15 is 0 Å². The lowest BCUT2D eigenvalue weighted by Crippen LogP contribution is -2.39. The molecule has 1 amide bonds. The van der Waals surface area contributed by atoms with Crippen molar-refractivity contribution in [3.8, 4) is 5.75 Å². The third-order valence-corrected chi connectivity index (χ3v) is 6.64. The Labute approximate surface area is 200 Å². The van der Waals surface area contributed by atoms with Gasteiger partial charge >= 0.3 is 0 Å². The highest BCUT2D eigenvalue weighted by Crippen LogP contribution is 2.32. The lowest BCUT2D eigenvalue weighted by molar-refractivity contribution is 0.0376. The number of carbonyl (C=O) groups excluding carboxylic acids is 1. The molecule has 4 rings (SSSR count). The first kappa shape index (κ1) is 23.9. The lowest BCUT2D eigenvalue weighted by Gasteiger charge is -2.27. The molecular formula is C22H25BrClN3O3S. The summed E-state index contributed by atoms with van der Waals surface area (Å²) in [6, 6.07) is 13.3. The van der Waals surface area contributed by atoms with Gasteiger partial charge in [0.2, 0.25) is 0 Å². The van der Waals surface area contributed by atoms with Crippen molar-refractivity contribution in [3.63, 3.8) is 0 Å². The molecule has 166 valence electrons. The number of ether oxygens (including phenoxy) is 2. The molecular weight excluding hydrogens is 502 g/mol. The lowest BCUT2D eigenvalue weighted by atomic mass is 10.2. The van der Waals surface area contributed by atoms with Gasteiger partial charge in [0.15, 0.2) is 5.13 Å². The van der Waals surface area contributed by atoms with Crippen molar-refractivity contribution in [1.29, 1.82) is 0 Å². The van der Waals surface area contributed by atoms with Crippen molar-refractivity contribution in [2.75, 3.05) is 51.4 Å². The van der Waals surface area contributed by atoms with Crippen LogP contribution in [0.25, 0.3) is 10.2 Å². The number of nitrogens with zero attached hydrogens (tertiary/aromatic N) is 3. The Kier molecular flexibility index (Phi) is 8.68. The largest absolute Gasteiger partial charge is 0.497 e. The van der Waals surface area contributed by atoms with Gasteiger partial charge in [-0.05, 0) is 36.8 Å². The number of thiazole rings is 1. The number of anilines is 1. The van der Waals surface area contributed by atoms with Gasteiger partial charge in [-0.2, -0.15) is 0 Å². The van der Waals surface area contributed by atoms with Crippen LogP contribution in [-0.4, -0.2) is 62.3 Å². The first-order chi connectivity index (χ1) is 14.6. The van der Waals surface area contributed by atoms with Crippen LogP contribution in [0.1, 0.15) is 16.8 Å². The van der Waals surface area contributed by atoms with E-state index in [0.717, 1.165) is 59.7 Å². The minimum atomic E-state index is -0.0377. The molecule has 1 aliphatic rings. The van der Waals surface area contributed by atoms with E-state index in [1.165, 1.54) is 11.3 Å². The van der Waals surface area contributed by atoms with Crippen molar-refractivity contribution >= 4 is 60.9 Å². The number of hydrogen-bond acceptors (Lipinski definition) is 6. The van der Waals surface area contributed by atoms with E-state index in [1.807, 2.05) is 42.5 Å². The van der Waals surface area contributed by atoms with Crippen LogP contribution >= 0.6 is 39.7 Å². The number of halogens is 2. The Morgan fingerprint density at radius 3 is 2.81 bits per heavy atom. The summed E-state index contributed by atoms with van der Waals surface area (Å²) in [4.78, 5) is 22.3. The molecule has 0 bridgehead atoms. The quantitative estimate of drug-likeness (QED) is 0.440. The second-order valence-electron chi connectivity index (χ2n) is 7.10. The molecule has 6 nitrogen and oxygen atoms in total. The van der Waals surface area contributed by atoms with Crippen molar-refractivity contribution in [2.24, 2.45) is 0 Å². The summed E-state index contributed by atoms with van der Waals surface area (Å²) >= 11 is 5.00. The summed E-state index contributed by atoms with van der Waals surface area (Å²) in [5, 5.41) is 0.713. The molecule has 2 aromatic carbocycles. The van der Waals surface area contributed by atoms with E-state index in [4.69, 9.17) is 14.5 Å². The van der Waals surface area contributed by atoms with Gasteiger partial charge in [-0.1, -0.05) is 33.3 Å². The Morgan fingerprint density at radius 1 is 1.26 bits per heavy atom. The van der Waals surface area contributed by atoms with E-state index in [9.17, 15) is 4.79 Å². The van der Waals surface area contributed by atoms with E-state index in [1.54, 1.807) is 12.0 Å². The van der Waals surface area contributed by atoms with Gasteiger partial charge < -0.3 is 9.47 Å². The van der Waals surface area contributed by atoms with Gasteiger partial charge in [-0.25, -0.2) is 4.98 Å². The fraction of sp³-hybridized carbons (Fsp3) is 0.364. The van der Waals surface area contributed by atoms with Crippen LogP contribution in [-0.2, 0) is 4.74 Å². The van der Waals surface area contributed by atoms with E-state index in [0.29, 0.717) is 17.2 Å². The summed E-state index contributed by atoms with van der Waals surface area (Å²) in [5.41, 5.74) is 1.49. The first-order valence-electron chi connectivity index (χ1n) is 9.96. The summed E-state index contributed by atoms with van der Waals surface area (Å²) in [6.45, 7) is 4.99. The Morgan fingerprint density at radius 2 is 2.06 bits per heavy atom. The van der Waals surface area contributed by atoms with E-state index in [2.05, 4.69) is 20.8 Å².